The molecule has 1 saturated carbocycles. The van der Waals surface area contributed by atoms with Crippen LogP contribution < -0.4 is 5.32 Å². The number of unbranched alkanes of at least 4 members (excludes halogenated alkanes) is 1. The highest BCUT2D eigenvalue weighted by molar-refractivity contribution is 5.14. The van der Waals surface area contributed by atoms with Crippen molar-refractivity contribution in [2.45, 2.75) is 44.1 Å². The lowest BCUT2D eigenvalue weighted by molar-refractivity contribution is -0.0311. The first-order valence-electron chi connectivity index (χ1n) is 6.76. The van der Waals surface area contributed by atoms with Gasteiger partial charge in [0.2, 0.25) is 0 Å². The second kappa shape index (κ2) is 6.18. The molecule has 2 N–H and O–H groups in total. The van der Waals surface area contributed by atoms with Gasteiger partial charge in [-0.3, -0.25) is 0 Å². The van der Waals surface area contributed by atoms with Crippen molar-refractivity contribution in [3.8, 4) is 0 Å². The van der Waals surface area contributed by atoms with Gasteiger partial charge in [-0.05, 0) is 50.6 Å². The van der Waals surface area contributed by atoms with Crippen LogP contribution in [0.3, 0.4) is 0 Å². The summed E-state index contributed by atoms with van der Waals surface area (Å²) < 4.78 is 0. The van der Waals surface area contributed by atoms with E-state index in [1.807, 2.05) is 0 Å². The molecule has 94 valence electrons. The molecule has 0 radical (unpaired) electrons. The van der Waals surface area contributed by atoms with Crippen LogP contribution in [-0.4, -0.2) is 23.8 Å². The Morgan fingerprint density at radius 3 is 2.53 bits per heavy atom. The Morgan fingerprint density at radius 1 is 1.12 bits per heavy atom. The summed E-state index contributed by atoms with van der Waals surface area (Å²) in [6, 6.07) is 10.6. The number of nitrogens with one attached hydrogen (secondary N) is 1. The minimum absolute atomic E-state index is 0.376. The lowest BCUT2D eigenvalue weighted by atomic mass is 9.80. The molecule has 0 saturated heterocycles. The summed E-state index contributed by atoms with van der Waals surface area (Å²) in [6.45, 7) is 1.80. The van der Waals surface area contributed by atoms with Crippen LogP contribution in [0.5, 0.6) is 0 Å². The highest BCUT2D eigenvalue weighted by Crippen LogP contribution is 2.30. The lowest BCUT2D eigenvalue weighted by Crippen LogP contribution is -2.46. The van der Waals surface area contributed by atoms with Crippen molar-refractivity contribution in [2.75, 3.05) is 13.1 Å². The number of hydrogen-bond donors (Lipinski definition) is 2. The molecule has 0 bridgehead atoms. The van der Waals surface area contributed by atoms with E-state index in [4.69, 9.17) is 0 Å². The zero-order valence-corrected chi connectivity index (χ0v) is 10.5. The van der Waals surface area contributed by atoms with Gasteiger partial charge in [0.05, 0.1) is 5.60 Å². The molecule has 2 rings (SSSR count). The molecule has 0 unspecified atom stereocenters. The van der Waals surface area contributed by atoms with E-state index in [9.17, 15) is 5.11 Å². The van der Waals surface area contributed by atoms with E-state index in [-0.39, 0.29) is 5.60 Å². The number of benzene rings is 1. The molecule has 1 aromatic rings. The van der Waals surface area contributed by atoms with Gasteiger partial charge in [0, 0.05) is 6.54 Å². The van der Waals surface area contributed by atoms with E-state index < -0.39 is 0 Å². The van der Waals surface area contributed by atoms with Gasteiger partial charge < -0.3 is 10.4 Å². The maximum Gasteiger partial charge on any atom is 0.0771 e. The zero-order chi connectivity index (χ0) is 12.0. The Labute approximate surface area is 104 Å². The normalized spacial score (nSPS) is 17.7. The van der Waals surface area contributed by atoms with Gasteiger partial charge in [-0.2, -0.15) is 0 Å². The van der Waals surface area contributed by atoms with Crippen LogP contribution in [0, 0.1) is 0 Å². The molecule has 1 aliphatic rings. The third-order valence-electron chi connectivity index (χ3n) is 3.65. The van der Waals surface area contributed by atoms with Crippen LogP contribution in [0.4, 0.5) is 0 Å². The molecular weight excluding hydrogens is 210 g/mol. The predicted octanol–water partition coefficient (Wildman–Crippen LogP) is 2.51. The molecule has 0 amide bonds. The average molecular weight is 233 g/mol. The Hall–Kier alpha value is -0.860. The van der Waals surface area contributed by atoms with Crippen molar-refractivity contribution in [2.24, 2.45) is 0 Å². The quantitative estimate of drug-likeness (QED) is 0.709. The van der Waals surface area contributed by atoms with E-state index in [1.54, 1.807) is 0 Å². The lowest BCUT2D eigenvalue weighted by Gasteiger charge is -2.36. The van der Waals surface area contributed by atoms with E-state index in [0.717, 1.165) is 32.4 Å². The van der Waals surface area contributed by atoms with Crippen molar-refractivity contribution < 1.29 is 5.11 Å². The van der Waals surface area contributed by atoms with Crippen LogP contribution >= 0.6 is 0 Å². The molecule has 1 aliphatic carbocycles. The second-order valence-electron chi connectivity index (χ2n) is 5.20. The topological polar surface area (TPSA) is 32.3 Å². The van der Waals surface area contributed by atoms with Gasteiger partial charge in [0.25, 0.3) is 0 Å². The largest absolute Gasteiger partial charge is 0.389 e. The minimum Gasteiger partial charge on any atom is -0.389 e. The summed E-state index contributed by atoms with van der Waals surface area (Å²) in [5.74, 6) is 0. The van der Waals surface area contributed by atoms with Crippen molar-refractivity contribution in [1.82, 2.24) is 5.32 Å². The molecular formula is C15H23NO. The van der Waals surface area contributed by atoms with Gasteiger partial charge >= 0.3 is 0 Å². The summed E-state index contributed by atoms with van der Waals surface area (Å²) in [7, 11) is 0. The number of rotatable bonds is 7. The van der Waals surface area contributed by atoms with Crippen molar-refractivity contribution >= 4 is 0 Å². The molecule has 1 aromatic carbocycles. The first kappa shape index (κ1) is 12.6. The molecule has 0 atom stereocenters. The monoisotopic (exact) mass is 233 g/mol. The van der Waals surface area contributed by atoms with E-state index in [2.05, 4.69) is 35.6 Å². The Morgan fingerprint density at radius 2 is 1.88 bits per heavy atom. The number of aliphatic hydroxyl groups is 1. The van der Waals surface area contributed by atoms with Crippen LogP contribution in [0.1, 0.15) is 37.7 Å². The van der Waals surface area contributed by atoms with E-state index in [0.29, 0.717) is 0 Å². The molecule has 17 heavy (non-hydrogen) atoms. The fourth-order valence-corrected chi connectivity index (χ4v) is 2.31. The fraction of sp³-hybridized carbons (Fsp3) is 0.600. The maximum atomic E-state index is 9.88. The number of aryl methyl sites for hydroxylation is 1. The Balaban J connectivity index is 1.49. The van der Waals surface area contributed by atoms with Gasteiger partial charge in [0.15, 0.2) is 0 Å². The van der Waals surface area contributed by atoms with Gasteiger partial charge in [-0.1, -0.05) is 30.3 Å². The molecule has 2 nitrogen and oxygen atoms in total. The Kier molecular flexibility index (Phi) is 4.57. The third kappa shape index (κ3) is 4.14. The summed E-state index contributed by atoms with van der Waals surface area (Å²) in [4.78, 5) is 0. The van der Waals surface area contributed by atoms with E-state index in [1.165, 1.54) is 24.8 Å². The zero-order valence-electron chi connectivity index (χ0n) is 10.5. The SMILES string of the molecule is OC1(CNCCCCc2ccccc2)CCC1. The summed E-state index contributed by atoms with van der Waals surface area (Å²) in [5.41, 5.74) is 1.05. The van der Waals surface area contributed by atoms with Crippen LogP contribution in [0.15, 0.2) is 30.3 Å². The predicted molar refractivity (Wildman–Crippen MR) is 71.1 cm³/mol. The standard InChI is InChI=1S/C15H23NO/c17-15(10-6-11-15)13-16-12-5-4-9-14-7-2-1-3-8-14/h1-3,7-8,16-17H,4-6,9-13H2. The van der Waals surface area contributed by atoms with Crippen LogP contribution in [-0.2, 0) is 6.42 Å². The summed E-state index contributed by atoms with van der Waals surface area (Å²) in [5, 5.41) is 13.2. The number of hydrogen-bond acceptors (Lipinski definition) is 2. The van der Waals surface area contributed by atoms with Gasteiger partial charge in [-0.15, -0.1) is 0 Å². The highest BCUT2D eigenvalue weighted by atomic mass is 16.3. The smallest absolute Gasteiger partial charge is 0.0771 e. The maximum absolute atomic E-state index is 9.88. The van der Waals surface area contributed by atoms with Gasteiger partial charge in [0.1, 0.15) is 0 Å². The fourth-order valence-electron chi connectivity index (χ4n) is 2.31. The highest BCUT2D eigenvalue weighted by Gasteiger charge is 2.33. The van der Waals surface area contributed by atoms with Gasteiger partial charge in [-0.25, -0.2) is 0 Å². The summed E-state index contributed by atoms with van der Waals surface area (Å²) in [6.07, 6.45) is 6.70. The molecule has 0 aromatic heterocycles. The van der Waals surface area contributed by atoms with Crippen LogP contribution in [0.2, 0.25) is 0 Å². The van der Waals surface area contributed by atoms with Crippen molar-refractivity contribution in [3.63, 3.8) is 0 Å². The second-order valence-corrected chi connectivity index (χ2v) is 5.20. The molecule has 1 fully saturated rings. The Bertz CT molecular complexity index is 319. The summed E-state index contributed by atoms with van der Waals surface area (Å²) >= 11 is 0. The van der Waals surface area contributed by atoms with Crippen molar-refractivity contribution in [1.29, 1.82) is 0 Å². The first-order chi connectivity index (χ1) is 8.29. The molecule has 2 heteroatoms. The van der Waals surface area contributed by atoms with E-state index >= 15 is 0 Å². The average Bonchev–Trinajstić information content (AvgIpc) is 2.33. The molecule has 0 spiro atoms. The van der Waals surface area contributed by atoms with Crippen LogP contribution in [0.25, 0.3) is 0 Å². The van der Waals surface area contributed by atoms with Crippen molar-refractivity contribution in [3.05, 3.63) is 35.9 Å². The first-order valence-corrected chi connectivity index (χ1v) is 6.76. The molecule has 0 heterocycles. The third-order valence-corrected chi connectivity index (χ3v) is 3.65. The minimum atomic E-state index is -0.376. The molecule has 0 aliphatic heterocycles.